The van der Waals surface area contributed by atoms with Crippen molar-refractivity contribution in [2.24, 2.45) is 5.73 Å². The number of carbonyl (C=O) groups is 3. The number of rotatable bonds is 7. The lowest BCUT2D eigenvalue weighted by molar-refractivity contribution is -0.123. The van der Waals surface area contributed by atoms with E-state index in [0.29, 0.717) is 16.4 Å². The Morgan fingerprint density at radius 1 is 1.24 bits per heavy atom. The molecule has 0 radical (unpaired) electrons. The fourth-order valence-corrected chi connectivity index (χ4v) is 5.66. The number of halogens is 2. The van der Waals surface area contributed by atoms with Crippen molar-refractivity contribution in [1.29, 1.82) is 0 Å². The summed E-state index contributed by atoms with van der Waals surface area (Å²) in [5, 5.41) is 4.61. The Morgan fingerprint density at radius 3 is 2.56 bits per heavy atom. The molecule has 1 fully saturated rings. The summed E-state index contributed by atoms with van der Waals surface area (Å²) < 4.78 is 17.9. The van der Waals surface area contributed by atoms with Crippen LogP contribution in [-0.4, -0.2) is 28.1 Å². The van der Waals surface area contributed by atoms with Crippen molar-refractivity contribution < 1.29 is 18.8 Å². The Bertz CT molecular complexity index is 1230. The molecule has 0 bridgehead atoms. The summed E-state index contributed by atoms with van der Waals surface area (Å²) in [7, 11) is 0. The number of nitrogens with one attached hydrogen (secondary N) is 1. The molecule has 178 valence electrons. The summed E-state index contributed by atoms with van der Waals surface area (Å²) in [5.74, 6) is -2.63. The molecule has 0 spiro atoms. The molecular formula is C22H21ClFN5O3S2. The van der Waals surface area contributed by atoms with Crippen LogP contribution < -0.4 is 21.7 Å². The van der Waals surface area contributed by atoms with Crippen molar-refractivity contribution in [2.75, 3.05) is 10.6 Å². The zero-order valence-electron chi connectivity index (χ0n) is 17.8. The summed E-state index contributed by atoms with van der Waals surface area (Å²) in [6.45, 7) is 0. The van der Waals surface area contributed by atoms with Gasteiger partial charge in [0, 0.05) is 16.6 Å². The molecule has 3 aromatic rings. The van der Waals surface area contributed by atoms with Crippen LogP contribution in [0.4, 0.5) is 15.8 Å². The third kappa shape index (κ3) is 4.77. The van der Waals surface area contributed by atoms with E-state index < -0.39 is 23.7 Å². The highest BCUT2D eigenvalue weighted by molar-refractivity contribution is 7.10. The largest absolute Gasteiger partial charge is 0.395 e. The monoisotopic (exact) mass is 521 g/mol. The Balaban J connectivity index is 1.83. The van der Waals surface area contributed by atoms with Crippen LogP contribution in [0.5, 0.6) is 0 Å². The highest BCUT2D eigenvalue weighted by Gasteiger charge is 2.37. The number of benzene rings is 1. The average Bonchev–Trinajstić information content (AvgIpc) is 3.56. The molecule has 1 aliphatic carbocycles. The zero-order valence-corrected chi connectivity index (χ0v) is 20.2. The summed E-state index contributed by atoms with van der Waals surface area (Å²) in [6.07, 6.45) is 3.72. The molecule has 1 saturated carbocycles. The highest BCUT2D eigenvalue weighted by Crippen LogP contribution is 2.36. The average molecular weight is 522 g/mol. The first-order chi connectivity index (χ1) is 16.3. The van der Waals surface area contributed by atoms with Crippen molar-refractivity contribution in [3.63, 3.8) is 0 Å². The van der Waals surface area contributed by atoms with E-state index in [0.717, 1.165) is 31.7 Å². The van der Waals surface area contributed by atoms with Crippen LogP contribution in [-0.2, 0) is 4.79 Å². The number of hydrogen-bond donors (Lipinski definition) is 3. The highest BCUT2D eigenvalue weighted by atomic mass is 35.5. The first-order valence-electron chi connectivity index (χ1n) is 10.4. The maximum atomic E-state index is 14.0. The zero-order chi connectivity index (χ0) is 24.4. The first kappa shape index (κ1) is 24.1. The summed E-state index contributed by atoms with van der Waals surface area (Å²) in [4.78, 5) is 40.8. The molecule has 1 aromatic carbocycles. The van der Waals surface area contributed by atoms with Gasteiger partial charge in [-0.25, -0.2) is 4.39 Å². The number of nitrogens with zero attached hydrogens (tertiary/aromatic N) is 2. The molecule has 0 unspecified atom stereocenters. The van der Waals surface area contributed by atoms with Crippen LogP contribution in [0.25, 0.3) is 0 Å². The Labute approximate surface area is 207 Å². The van der Waals surface area contributed by atoms with E-state index in [4.69, 9.17) is 23.1 Å². The second kappa shape index (κ2) is 10.1. The smallest absolute Gasteiger partial charge is 0.273 e. The molecule has 34 heavy (non-hydrogen) atoms. The quantitative estimate of drug-likeness (QED) is 0.430. The second-order valence-electron chi connectivity index (χ2n) is 7.82. The lowest BCUT2D eigenvalue weighted by Crippen LogP contribution is -2.46. The van der Waals surface area contributed by atoms with Gasteiger partial charge in [-0.3, -0.25) is 19.3 Å². The minimum absolute atomic E-state index is 0.00124. The molecule has 0 saturated heterocycles. The van der Waals surface area contributed by atoms with Crippen LogP contribution in [0, 0.1) is 5.82 Å². The number of aromatic nitrogens is 1. The lowest BCUT2D eigenvalue weighted by atomic mass is 10.1. The Hall–Kier alpha value is -3.02. The van der Waals surface area contributed by atoms with Gasteiger partial charge in [0.05, 0.1) is 10.7 Å². The van der Waals surface area contributed by atoms with Gasteiger partial charge in [0.25, 0.3) is 11.8 Å². The van der Waals surface area contributed by atoms with E-state index in [9.17, 15) is 18.8 Å². The lowest BCUT2D eigenvalue weighted by Gasteiger charge is -2.31. The third-order valence-corrected chi connectivity index (χ3v) is 7.64. The molecular weight excluding hydrogens is 501 g/mol. The van der Waals surface area contributed by atoms with Gasteiger partial charge in [0.15, 0.2) is 11.7 Å². The van der Waals surface area contributed by atoms with E-state index in [1.54, 1.807) is 17.5 Å². The maximum absolute atomic E-state index is 14.0. The van der Waals surface area contributed by atoms with Crippen LogP contribution in [0.3, 0.4) is 0 Å². The number of nitrogen functional groups attached to an aromatic ring is 1. The molecule has 1 aliphatic rings. The van der Waals surface area contributed by atoms with Gasteiger partial charge in [-0.05, 0) is 54.0 Å². The Kier molecular flexibility index (Phi) is 7.15. The number of thiophene rings is 1. The molecule has 1 atom stereocenters. The fourth-order valence-electron chi connectivity index (χ4n) is 3.93. The van der Waals surface area contributed by atoms with E-state index in [-0.39, 0.29) is 38.9 Å². The molecule has 3 amide bonds. The van der Waals surface area contributed by atoms with Crippen LogP contribution in [0.1, 0.15) is 56.8 Å². The van der Waals surface area contributed by atoms with Gasteiger partial charge in [-0.15, -0.1) is 11.3 Å². The predicted molar refractivity (Wildman–Crippen MR) is 131 cm³/mol. The molecule has 2 heterocycles. The van der Waals surface area contributed by atoms with Gasteiger partial charge in [-0.2, -0.15) is 4.37 Å². The van der Waals surface area contributed by atoms with Gasteiger partial charge in [0.1, 0.15) is 10.7 Å². The summed E-state index contributed by atoms with van der Waals surface area (Å²) in [5.41, 5.74) is 11.1. The van der Waals surface area contributed by atoms with E-state index in [1.165, 1.54) is 28.4 Å². The fraction of sp³-hybridized carbons (Fsp3) is 0.273. The molecule has 0 aliphatic heterocycles. The third-order valence-electron chi connectivity index (χ3n) is 5.58. The second-order valence-corrected chi connectivity index (χ2v) is 9.98. The van der Waals surface area contributed by atoms with Crippen molar-refractivity contribution in [3.05, 3.63) is 62.0 Å². The standard InChI is InChI=1S/C22H21ClFN5O3S2/c23-13-10-12(7-8-14(13)24)29(22(32)19-16(25)17(20(26)30)28-34-19)18(15-6-3-9-33-15)21(31)27-11-4-1-2-5-11/h3,6-11,18H,1-2,4-5,25H2,(H2,26,30)(H,27,31)/t18-/m1/s1. The van der Waals surface area contributed by atoms with Crippen molar-refractivity contribution in [1.82, 2.24) is 9.69 Å². The first-order valence-corrected chi connectivity index (χ1v) is 12.5. The van der Waals surface area contributed by atoms with Gasteiger partial charge in [-0.1, -0.05) is 30.5 Å². The number of hydrogen-bond acceptors (Lipinski definition) is 7. The molecule has 4 rings (SSSR count). The predicted octanol–water partition coefficient (Wildman–Crippen LogP) is 4.13. The van der Waals surface area contributed by atoms with E-state index in [1.807, 2.05) is 0 Å². The number of carbonyl (C=O) groups excluding carboxylic acids is 3. The van der Waals surface area contributed by atoms with Gasteiger partial charge < -0.3 is 16.8 Å². The number of amides is 3. The minimum atomic E-state index is -1.09. The summed E-state index contributed by atoms with van der Waals surface area (Å²) in [6, 6.07) is 6.15. The number of anilines is 2. The van der Waals surface area contributed by atoms with Crippen LogP contribution in [0.2, 0.25) is 5.02 Å². The van der Waals surface area contributed by atoms with Crippen molar-refractivity contribution in [2.45, 2.75) is 37.8 Å². The molecule has 8 nitrogen and oxygen atoms in total. The van der Waals surface area contributed by atoms with Gasteiger partial charge in [0.2, 0.25) is 5.91 Å². The SMILES string of the molecule is NC(=O)c1nsc(C(=O)N(c2ccc(F)c(Cl)c2)[C@@H](C(=O)NC2CCCC2)c2cccs2)c1N. The topological polar surface area (TPSA) is 131 Å². The maximum Gasteiger partial charge on any atom is 0.273 e. The molecule has 5 N–H and O–H groups in total. The number of primary amides is 1. The van der Waals surface area contributed by atoms with E-state index in [2.05, 4.69) is 9.69 Å². The normalized spacial score (nSPS) is 14.6. The van der Waals surface area contributed by atoms with Crippen molar-refractivity contribution >= 4 is 63.6 Å². The van der Waals surface area contributed by atoms with Crippen molar-refractivity contribution in [3.8, 4) is 0 Å². The Morgan fingerprint density at radius 2 is 1.97 bits per heavy atom. The number of nitrogens with two attached hydrogens (primary N) is 2. The summed E-state index contributed by atoms with van der Waals surface area (Å²) >= 11 is 8.02. The van der Waals surface area contributed by atoms with Crippen LogP contribution >= 0.6 is 34.5 Å². The van der Waals surface area contributed by atoms with Crippen LogP contribution in [0.15, 0.2) is 35.7 Å². The minimum Gasteiger partial charge on any atom is -0.395 e. The van der Waals surface area contributed by atoms with E-state index >= 15 is 0 Å². The van der Waals surface area contributed by atoms with Gasteiger partial charge >= 0.3 is 0 Å². The molecule has 2 aromatic heterocycles. The molecule has 12 heteroatoms.